The fourth-order valence-electron chi connectivity index (χ4n) is 2.80. The number of thiophene rings is 1. The first-order chi connectivity index (χ1) is 14.7. The molecule has 10 heteroatoms. The van der Waals surface area contributed by atoms with Crippen molar-refractivity contribution >= 4 is 44.9 Å². The molecule has 0 saturated heterocycles. The van der Waals surface area contributed by atoms with Crippen LogP contribution in [0.2, 0.25) is 0 Å². The van der Waals surface area contributed by atoms with Crippen molar-refractivity contribution in [3.63, 3.8) is 0 Å². The van der Waals surface area contributed by atoms with Crippen LogP contribution in [0.3, 0.4) is 0 Å². The average Bonchev–Trinajstić information content (AvgIpc) is 3.16. The van der Waals surface area contributed by atoms with Gasteiger partial charge in [0, 0.05) is 18.7 Å². The number of nitrogens with one attached hydrogen (secondary N) is 2. The van der Waals surface area contributed by atoms with Gasteiger partial charge in [-0.3, -0.25) is 19.5 Å². The predicted molar refractivity (Wildman–Crippen MR) is 120 cm³/mol. The van der Waals surface area contributed by atoms with Crippen LogP contribution >= 0.6 is 11.3 Å². The Labute approximate surface area is 183 Å². The first-order valence-electron chi connectivity index (χ1n) is 9.57. The van der Waals surface area contributed by atoms with Crippen LogP contribution in [-0.2, 0) is 16.1 Å². The van der Waals surface area contributed by atoms with Crippen molar-refractivity contribution in [3.8, 4) is 5.75 Å². The third kappa shape index (κ3) is 5.82. The summed E-state index contributed by atoms with van der Waals surface area (Å²) in [7, 11) is 1.48. The first-order valence-corrected chi connectivity index (χ1v) is 10.4. The van der Waals surface area contributed by atoms with Crippen LogP contribution in [-0.4, -0.2) is 34.3 Å². The van der Waals surface area contributed by atoms with Gasteiger partial charge in [-0.05, 0) is 50.4 Å². The van der Waals surface area contributed by atoms with Crippen LogP contribution in [0.15, 0.2) is 40.8 Å². The summed E-state index contributed by atoms with van der Waals surface area (Å²) in [4.78, 5) is 41.8. The lowest BCUT2D eigenvalue weighted by Crippen LogP contribution is -2.27. The minimum absolute atomic E-state index is 0.0814. The molecule has 0 radical (unpaired) electrons. The van der Waals surface area contributed by atoms with E-state index in [0.29, 0.717) is 27.3 Å². The number of benzene rings is 1. The van der Waals surface area contributed by atoms with Crippen molar-refractivity contribution in [2.45, 2.75) is 39.3 Å². The second-order valence-corrected chi connectivity index (χ2v) is 8.62. The molecule has 0 unspecified atom stereocenters. The highest BCUT2D eigenvalue weighted by Gasteiger charge is 2.18. The van der Waals surface area contributed by atoms with Gasteiger partial charge in [-0.2, -0.15) is 0 Å². The smallest absolute Gasteiger partial charge is 0.412 e. The second kappa shape index (κ2) is 9.17. The number of nitrogens with zero attached hydrogens (tertiary/aromatic N) is 2. The Morgan fingerprint density at radius 1 is 1.19 bits per heavy atom. The predicted octanol–water partition coefficient (Wildman–Crippen LogP) is 3.84. The highest BCUT2D eigenvalue weighted by molar-refractivity contribution is 7.16. The number of rotatable bonds is 6. The quantitative estimate of drug-likeness (QED) is 0.597. The molecule has 3 rings (SSSR count). The lowest BCUT2D eigenvalue weighted by Gasteiger charge is -2.20. The van der Waals surface area contributed by atoms with Gasteiger partial charge in [-0.25, -0.2) is 9.78 Å². The highest BCUT2D eigenvalue weighted by atomic mass is 32.1. The Bertz CT molecular complexity index is 1160. The van der Waals surface area contributed by atoms with Gasteiger partial charge in [0.2, 0.25) is 5.91 Å². The molecule has 0 saturated carbocycles. The van der Waals surface area contributed by atoms with E-state index < -0.39 is 11.7 Å². The molecule has 0 fully saturated rings. The van der Waals surface area contributed by atoms with Gasteiger partial charge in [0.25, 0.3) is 5.56 Å². The number of aromatic nitrogens is 2. The summed E-state index contributed by atoms with van der Waals surface area (Å²) in [6.45, 7) is 5.48. The van der Waals surface area contributed by atoms with E-state index in [-0.39, 0.29) is 24.4 Å². The lowest BCUT2D eigenvalue weighted by atomic mass is 10.2. The number of carbonyl (C=O) groups excluding carboxylic acids is 2. The molecule has 2 amide bonds. The molecule has 0 spiro atoms. The number of fused-ring (bicyclic) bond motifs is 1. The van der Waals surface area contributed by atoms with E-state index in [1.54, 1.807) is 45.0 Å². The summed E-state index contributed by atoms with van der Waals surface area (Å²) < 4.78 is 11.9. The normalized spacial score (nSPS) is 11.2. The number of aryl methyl sites for hydroxylation is 1. The van der Waals surface area contributed by atoms with E-state index in [1.807, 2.05) is 5.38 Å². The number of carbonyl (C=O) groups is 2. The number of hydrogen-bond donors (Lipinski definition) is 2. The van der Waals surface area contributed by atoms with Crippen LogP contribution in [0, 0.1) is 0 Å². The molecule has 1 aromatic carbocycles. The zero-order chi connectivity index (χ0) is 22.6. The second-order valence-electron chi connectivity index (χ2n) is 7.72. The molecule has 3 aromatic rings. The maximum absolute atomic E-state index is 12.4. The summed E-state index contributed by atoms with van der Waals surface area (Å²) in [5.41, 5.74) is 0.00288. The number of hydrogen-bond acceptors (Lipinski definition) is 7. The van der Waals surface area contributed by atoms with E-state index in [1.165, 1.54) is 29.3 Å². The molecule has 2 aromatic heterocycles. The van der Waals surface area contributed by atoms with Crippen molar-refractivity contribution in [2.24, 2.45) is 0 Å². The lowest BCUT2D eigenvalue weighted by molar-refractivity contribution is -0.116. The van der Waals surface area contributed by atoms with E-state index in [4.69, 9.17) is 9.47 Å². The third-order valence-corrected chi connectivity index (χ3v) is 4.97. The van der Waals surface area contributed by atoms with Crippen molar-refractivity contribution in [2.75, 3.05) is 17.7 Å². The Balaban J connectivity index is 1.65. The number of methoxy groups -OCH3 is 1. The third-order valence-electron chi connectivity index (χ3n) is 4.15. The summed E-state index contributed by atoms with van der Waals surface area (Å²) in [5, 5.41) is 7.73. The van der Waals surface area contributed by atoms with E-state index in [9.17, 15) is 14.4 Å². The topological polar surface area (TPSA) is 112 Å². The Kier molecular flexibility index (Phi) is 6.59. The Morgan fingerprint density at radius 3 is 2.68 bits per heavy atom. The van der Waals surface area contributed by atoms with Crippen molar-refractivity contribution in [1.29, 1.82) is 0 Å². The summed E-state index contributed by atoms with van der Waals surface area (Å²) in [6.07, 6.45) is 0.896. The van der Waals surface area contributed by atoms with E-state index >= 15 is 0 Å². The number of ether oxygens (including phenoxy) is 2. The minimum Gasteiger partial charge on any atom is -0.495 e. The molecule has 164 valence electrons. The molecule has 0 atom stereocenters. The highest BCUT2D eigenvalue weighted by Crippen LogP contribution is 2.28. The van der Waals surface area contributed by atoms with E-state index in [2.05, 4.69) is 15.6 Å². The summed E-state index contributed by atoms with van der Waals surface area (Å²) in [5.74, 6) is 0.135. The van der Waals surface area contributed by atoms with Gasteiger partial charge in [-0.1, -0.05) is 0 Å². The summed E-state index contributed by atoms with van der Waals surface area (Å²) >= 11 is 1.39. The van der Waals surface area contributed by atoms with Crippen LogP contribution < -0.4 is 20.9 Å². The molecule has 2 heterocycles. The van der Waals surface area contributed by atoms with Gasteiger partial charge in [0.05, 0.1) is 24.5 Å². The van der Waals surface area contributed by atoms with Crippen molar-refractivity contribution in [1.82, 2.24) is 9.55 Å². The first kappa shape index (κ1) is 22.3. The molecule has 31 heavy (non-hydrogen) atoms. The van der Waals surface area contributed by atoms with E-state index in [0.717, 1.165) is 0 Å². The molecule has 2 N–H and O–H groups in total. The maximum Gasteiger partial charge on any atom is 0.412 e. The van der Waals surface area contributed by atoms with Gasteiger partial charge in [0.15, 0.2) is 0 Å². The number of amides is 2. The minimum atomic E-state index is -0.651. The van der Waals surface area contributed by atoms with Crippen molar-refractivity contribution in [3.05, 3.63) is 46.3 Å². The number of anilines is 2. The van der Waals surface area contributed by atoms with Crippen LogP contribution in [0.25, 0.3) is 10.2 Å². The zero-order valence-corrected chi connectivity index (χ0v) is 18.5. The molecule has 0 aliphatic rings. The fourth-order valence-corrected chi connectivity index (χ4v) is 3.52. The maximum atomic E-state index is 12.4. The molecule has 0 aliphatic carbocycles. The summed E-state index contributed by atoms with van der Waals surface area (Å²) in [6, 6.07) is 6.58. The van der Waals surface area contributed by atoms with Crippen molar-refractivity contribution < 1.29 is 19.1 Å². The molecule has 9 nitrogen and oxygen atoms in total. The zero-order valence-electron chi connectivity index (χ0n) is 17.7. The molecule has 0 bridgehead atoms. The molecular weight excluding hydrogens is 420 g/mol. The van der Waals surface area contributed by atoms with Gasteiger partial charge in [-0.15, -0.1) is 11.3 Å². The standard InChI is InChI=1S/C21H24N4O5S/c1-21(2,3)30-20(28)24-15-11-13(5-6-16(15)29-4)23-17(26)7-9-25-12-22-18-14(19(25)27)8-10-31-18/h5-6,8,10-12H,7,9H2,1-4H3,(H,23,26)(H,24,28). The van der Waals surface area contributed by atoms with Crippen LogP contribution in [0.5, 0.6) is 5.75 Å². The van der Waals surface area contributed by atoms with Crippen LogP contribution in [0.1, 0.15) is 27.2 Å². The van der Waals surface area contributed by atoms with Gasteiger partial charge >= 0.3 is 6.09 Å². The molecule has 0 aliphatic heterocycles. The monoisotopic (exact) mass is 444 g/mol. The SMILES string of the molecule is COc1ccc(NC(=O)CCn2cnc3sccc3c2=O)cc1NC(=O)OC(C)(C)C. The van der Waals surface area contributed by atoms with Gasteiger partial charge in [0.1, 0.15) is 16.2 Å². The molecular formula is C21H24N4O5S. The van der Waals surface area contributed by atoms with Crippen LogP contribution in [0.4, 0.5) is 16.2 Å². The largest absolute Gasteiger partial charge is 0.495 e. The Hall–Kier alpha value is -3.40. The van der Waals surface area contributed by atoms with Gasteiger partial charge < -0.3 is 14.8 Å². The average molecular weight is 445 g/mol. The Morgan fingerprint density at radius 2 is 1.97 bits per heavy atom. The fraction of sp³-hybridized carbons (Fsp3) is 0.333.